The molecule has 0 atom stereocenters. The average molecular weight is 405 g/mol. The number of nitrogens with zero attached hydrogens (tertiary/aromatic N) is 3. The molecular weight excluding hydrogens is 380 g/mol. The molecule has 2 aromatic rings. The second kappa shape index (κ2) is 8.84. The van der Waals surface area contributed by atoms with E-state index in [4.69, 9.17) is 0 Å². The number of hydrogen-bond donors (Lipinski definition) is 1. The van der Waals surface area contributed by atoms with Crippen LogP contribution in [0.25, 0.3) is 0 Å². The first kappa shape index (κ1) is 19.8. The van der Waals surface area contributed by atoms with Gasteiger partial charge in [0.1, 0.15) is 0 Å². The lowest BCUT2D eigenvalue weighted by Crippen LogP contribution is -2.38. The Hall–Kier alpha value is -1.93. The Labute approximate surface area is 167 Å². The minimum atomic E-state index is 0.0330. The van der Waals surface area contributed by atoms with Crippen LogP contribution in [0, 0.1) is 13.8 Å². The van der Waals surface area contributed by atoms with Crippen LogP contribution in [0.4, 0.5) is 0 Å². The maximum atomic E-state index is 12.6. The summed E-state index contributed by atoms with van der Waals surface area (Å²) in [6, 6.07) is 0. The minimum Gasteiger partial charge on any atom is -0.351 e. The van der Waals surface area contributed by atoms with E-state index in [0.717, 1.165) is 33.9 Å². The number of rotatable bonds is 6. The number of nitrogens with one attached hydrogen (secondary N) is 1. The van der Waals surface area contributed by atoms with E-state index in [1.165, 1.54) is 17.3 Å². The van der Waals surface area contributed by atoms with Crippen molar-refractivity contribution in [2.24, 2.45) is 0 Å². The van der Waals surface area contributed by atoms with Crippen molar-refractivity contribution in [3.05, 3.63) is 44.7 Å². The molecule has 0 fully saturated rings. The van der Waals surface area contributed by atoms with Crippen molar-refractivity contribution in [2.45, 2.75) is 39.8 Å². The first-order valence-electron chi connectivity index (χ1n) is 8.88. The summed E-state index contributed by atoms with van der Waals surface area (Å²) >= 11 is 3.08. The Morgan fingerprint density at radius 3 is 2.89 bits per heavy atom. The van der Waals surface area contributed by atoms with E-state index in [0.29, 0.717) is 31.8 Å². The van der Waals surface area contributed by atoms with Gasteiger partial charge in [-0.2, -0.15) is 11.8 Å². The molecule has 0 radical (unpaired) electrons. The van der Waals surface area contributed by atoms with Gasteiger partial charge in [0.15, 0.2) is 0 Å². The normalized spacial score (nSPS) is 13.4. The molecule has 0 spiro atoms. The maximum Gasteiger partial charge on any atom is 0.230 e. The molecule has 6 nitrogen and oxygen atoms in total. The van der Waals surface area contributed by atoms with Gasteiger partial charge < -0.3 is 10.2 Å². The van der Waals surface area contributed by atoms with E-state index in [9.17, 15) is 9.59 Å². The van der Waals surface area contributed by atoms with Gasteiger partial charge in [0.25, 0.3) is 0 Å². The number of hydrogen-bond acceptors (Lipinski definition) is 6. The number of thioether (sulfide) groups is 1. The number of thiazole rings is 1. The lowest BCUT2D eigenvalue weighted by Gasteiger charge is -2.30. The maximum absolute atomic E-state index is 12.6. The molecular formula is C19H24N4O2S2. The molecule has 0 bridgehead atoms. The summed E-state index contributed by atoms with van der Waals surface area (Å²) in [5.74, 6) is 0.590. The van der Waals surface area contributed by atoms with Crippen molar-refractivity contribution in [3.8, 4) is 0 Å². The quantitative estimate of drug-likeness (QED) is 0.799. The number of amides is 2. The molecule has 144 valence electrons. The first-order valence-corrected chi connectivity index (χ1v) is 11.2. The highest BCUT2D eigenvalue weighted by molar-refractivity contribution is 7.99. The molecule has 0 saturated heterocycles. The second-order valence-electron chi connectivity index (χ2n) is 6.64. The molecule has 2 amide bonds. The Kier molecular flexibility index (Phi) is 6.49. The first-order chi connectivity index (χ1) is 13.0. The third kappa shape index (κ3) is 4.87. The highest BCUT2D eigenvalue weighted by Crippen LogP contribution is 2.24. The van der Waals surface area contributed by atoms with Gasteiger partial charge in [-0.3, -0.25) is 14.6 Å². The molecule has 1 aliphatic heterocycles. The van der Waals surface area contributed by atoms with Gasteiger partial charge in [-0.15, -0.1) is 11.3 Å². The van der Waals surface area contributed by atoms with Crippen molar-refractivity contribution < 1.29 is 9.59 Å². The monoisotopic (exact) mass is 404 g/mol. The Bertz CT molecular complexity index is 850. The molecule has 0 aliphatic carbocycles. The molecule has 3 rings (SSSR count). The van der Waals surface area contributed by atoms with Crippen LogP contribution in [-0.4, -0.2) is 45.2 Å². The lowest BCUT2D eigenvalue weighted by atomic mass is 9.94. The third-order valence-corrected chi connectivity index (χ3v) is 6.06. The summed E-state index contributed by atoms with van der Waals surface area (Å²) in [7, 11) is 0. The van der Waals surface area contributed by atoms with E-state index in [1.54, 1.807) is 11.3 Å². The number of aromatic nitrogens is 2. The number of pyridine rings is 1. The van der Waals surface area contributed by atoms with E-state index in [1.807, 2.05) is 36.6 Å². The Balaban J connectivity index is 1.69. The zero-order chi connectivity index (χ0) is 19.4. The summed E-state index contributed by atoms with van der Waals surface area (Å²) < 4.78 is 0. The summed E-state index contributed by atoms with van der Waals surface area (Å²) in [6.07, 6.45) is 4.91. The van der Waals surface area contributed by atoms with Crippen LogP contribution in [0.3, 0.4) is 0 Å². The van der Waals surface area contributed by atoms with E-state index < -0.39 is 0 Å². The SMILES string of the molecule is CSCC(=O)NCc1c(C)ncc2c1CCN(C(=O)Cc1csc(C)n1)C2. The minimum absolute atomic E-state index is 0.0330. The number of aryl methyl sites for hydroxylation is 2. The third-order valence-electron chi connectivity index (χ3n) is 4.68. The van der Waals surface area contributed by atoms with Gasteiger partial charge in [0.05, 0.1) is 22.9 Å². The molecule has 1 aliphatic rings. The molecule has 0 unspecified atom stereocenters. The smallest absolute Gasteiger partial charge is 0.230 e. The predicted octanol–water partition coefficient (Wildman–Crippen LogP) is 2.26. The predicted molar refractivity (Wildman–Crippen MR) is 109 cm³/mol. The number of carbonyl (C=O) groups excluding carboxylic acids is 2. The molecule has 3 heterocycles. The van der Waals surface area contributed by atoms with Crippen LogP contribution in [0.1, 0.15) is 33.1 Å². The van der Waals surface area contributed by atoms with E-state index in [-0.39, 0.29) is 11.8 Å². The van der Waals surface area contributed by atoms with Crippen molar-refractivity contribution in [2.75, 3.05) is 18.6 Å². The van der Waals surface area contributed by atoms with Gasteiger partial charge in [-0.1, -0.05) is 0 Å². The lowest BCUT2D eigenvalue weighted by molar-refractivity contribution is -0.131. The van der Waals surface area contributed by atoms with E-state index in [2.05, 4.69) is 15.3 Å². The second-order valence-corrected chi connectivity index (χ2v) is 8.56. The van der Waals surface area contributed by atoms with Crippen LogP contribution >= 0.6 is 23.1 Å². The molecule has 1 N–H and O–H groups in total. The van der Waals surface area contributed by atoms with Gasteiger partial charge in [0.2, 0.25) is 11.8 Å². The summed E-state index contributed by atoms with van der Waals surface area (Å²) in [5.41, 5.74) is 5.16. The summed E-state index contributed by atoms with van der Waals surface area (Å²) in [4.78, 5) is 35.2. The van der Waals surface area contributed by atoms with Gasteiger partial charge in [-0.25, -0.2) is 4.98 Å². The molecule has 0 aromatic carbocycles. The topological polar surface area (TPSA) is 75.2 Å². The van der Waals surface area contributed by atoms with Crippen molar-refractivity contribution >= 4 is 34.9 Å². The van der Waals surface area contributed by atoms with Crippen LogP contribution in [0.2, 0.25) is 0 Å². The van der Waals surface area contributed by atoms with Crippen molar-refractivity contribution in [1.82, 2.24) is 20.2 Å². The Morgan fingerprint density at radius 2 is 2.19 bits per heavy atom. The van der Waals surface area contributed by atoms with Gasteiger partial charge >= 0.3 is 0 Å². The number of fused-ring (bicyclic) bond motifs is 1. The Morgan fingerprint density at radius 1 is 1.37 bits per heavy atom. The fourth-order valence-corrected chi connectivity index (χ4v) is 4.27. The van der Waals surface area contributed by atoms with Gasteiger partial charge in [-0.05, 0) is 43.2 Å². The van der Waals surface area contributed by atoms with Gasteiger partial charge in [0, 0.05) is 36.9 Å². The zero-order valence-corrected chi connectivity index (χ0v) is 17.5. The number of carbonyl (C=O) groups is 2. The van der Waals surface area contributed by atoms with Crippen LogP contribution in [-0.2, 0) is 35.5 Å². The fourth-order valence-electron chi connectivity index (χ4n) is 3.29. The standard InChI is InChI=1S/C19H24N4O2S2/c1-12-17(8-21-18(24)11-26-3)16-4-5-23(9-14(16)7-20-12)19(25)6-15-10-27-13(2)22-15/h7,10H,4-6,8-9,11H2,1-3H3,(H,21,24). The fraction of sp³-hybridized carbons (Fsp3) is 0.474. The zero-order valence-electron chi connectivity index (χ0n) is 15.9. The average Bonchev–Trinajstić information content (AvgIpc) is 3.05. The van der Waals surface area contributed by atoms with Crippen molar-refractivity contribution in [3.63, 3.8) is 0 Å². The summed E-state index contributed by atoms with van der Waals surface area (Å²) in [6.45, 7) is 5.66. The van der Waals surface area contributed by atoms with Crippen LogP contribution < -0.4 is 5.32 Å². The largest absolute Gasteiger partial charge is 0.351 e. The van der Waals surface area contributed by atoms with Crippen LogP contribution in [0.5, 0.6) is 0 Å². The molecule has 8 heteroatoms. The highest BCUT2D eigenvalue weighted by atomic mass is 32.2. The molecule has 27 heavy (non-hydrogen) atoms. The molecule has 2 aromatic heterocycles. The summed E-state index contributed by atoms with van der Waals surface area (Å²) in [5, 5.41) is 5.90. The molecule has 0 saturated carbocycles. The highest BCUT2D eigenvalue weighted by Gasteiger charge is 2.24. The van der Waals surface area contributed by atoms with Crippen molar-refractivity contribution in [1.29, 1.82) is 0 Å². The van der Waals surface area contributed by atoms with E-state index >= 15 is 0 Å². The van der Waals surface area contributed by atoms with Crippen LogP contribution in [0.15, 0.2) is 11.6 Å².